The van der Waals surface area contributed by atoms with Crippen LogP contribution in [0.4, 0.5) is 5.69 Å². The van der Waals surface area contributed by atoms with Crippen LogP contribution in [-0.4, -0.2) is 19.5 Å². The number of sulfonamides is 1. The smallest absolute Gasteiger partial charge is 0.250 e. The highest BCUT2D eigenvalue weighted by atomic mass is 32.2. The average molecular weight is 446 g/mol. The molecule has 7 nitrogen and oxygen atoms in total. The van der Waals surface area contributed by atoms with E-state index in [0.717, 1.165) is 27.3 Å². The van der Waals surface area contributed by atoms with Gasteiger partial charge in [-0.1, -0.05) is 36.3 Å². The molecule has 0 atom stereocenters. The van der Waals surface area contributed by atoms with Gasteiger partial charge in [0, 0.05) is 17.8 Å². The molecule has 30 heavy (non-hydrogen) atoms. The van der Waals surface area contributed by atoms with Crippen molar-refractivity contribution in [2.75, 3.05) is 5.32 Å². The summed E-state index contributed by atoms with van der Waals surface area (Å²) >= 11 is 1.14. The molecule has 0 aliphatic carbocycles. The first kappa shape index (κ1) is 21.9. The highest BCUT2D eigenvalue weighted by molar-refractivity contribution is 7.91. The molecular formula is C21H23N3O4S2. The average Bonchev–Trinajstić information content (AvgIpc) is 3.34. The van der Waals surface area contributed by atoms with Gasteiger partial charge < -0.3 is 9.84 Å². The van der Waals surface area contributed by atoms with Crippen LogP contribution >= 0.6 is 11.3 Å². The zero-order valence-electron chi connectivity index (χ0n) is 16.9. The van der Waals surface area contributed by atoms with Crippen molar-refractivity contribution in [2.24, 2.45) is 0 Å². The lowest BCUT2D eigenvalue weighted by molar-refractivity contribution is -0.115. The first-order valence-corrected chi connectivity index (χ1v) is 11.7. The third kappa shape index (κ3) is 5.24. The normalized spacial score (nSPS) is 11.8. The predicted octanol–water partition coefficient (Wildman–Crippen LogP) is 4.35. The van der Waals surface area contributed by atoms with Gasteiger partial charge in [0.15, 0.2) is 5.76 Å². The van der Waals surface area contributed by atoms with Crippen molar-refractivity contribution in [3.63, 3.8) is 0 Å². The molecule has 0 spiro atoms. The molecule has 2 aromatic heterocycles. The van der Waals surface area contributed by atoms with Crippen molar-refractivity contribution in [3.05, 3.63) is 63.9 Å². The van der Waals surface area contributed by atoms with Crippen LogP contribution in [-0.2, 0) is 21.4 Å². The first-order valence-electron chi connectivity index (χ1n) is 9.38. The summed E-state index contributed by atoms with van der Waals surface area (Å²) < 4.78 is 33.4. The van der Waals surface area contributed by atoms with Gasteiger partial charge in [-0.25, -0.2) is 13.1 Å². The summed E-state index contributed by atoms with van der Waals surface area (Å²) in [5, 5.41) is 6.64. The zero-order chi connectivity index (χ0) is 21.7. The Hall–Kier alpha value is -2.75. The molecule has 0 aliphatic heterocycles. The van der Waals surface area contributed by atoms with E-state index < -0.39 is 10.0 Å². The van der Waals surface area contributed by atoms with Gasteiger partial charge in [-0.05, 0) is 49.3 Å². The van der Waals surface area contributed by atoms with Gasteiger partial charge in [0.25, 0.3) is 0 Å². The van der Waals surface area contributed by atoms with E-state index >= 15 is 0 Å². The minimum absolute atomic E-state index is 0.139. The Morgan fingerprint density at radius 1 is 1.17 bits per heavy atom. The molecule has 0 radical (unpaired) electrons. The molecule has 0 unspecified atom stereocenters. The number of carbonyl (C=O) groups is 1. The fourth-order valence-electron chi connectivity index (χ4n) is 2.66. The minimum atomic E-state index is -3.62. The number of benzene rings is 1. The molecule has 0 saturated carbocycles. The molecule has 2 N–H and O–H groups in total. The Morgan fingerprint density at radius 2 is 1.93 bits per heavy atom. The van der Waals surface area contributed by atoms with Crippen LogP contribution < -0.4 is 10.0 Å². The van der Waals surface area contributed by atoms with Crippen LogP contribution in [0.15, 0.2) is 45.1 Å². The second-order valence-electron chi connectivity index (χ2n) is 6.65. The van der Waals surface area contributed by atoms with E-state index in [2.05, 4.69) is 15.2 Å². The van der Waals surface area contributed by atoms with Gasteiger partial charge >= 0.3 is 0 Å². The topological polar surface area (TPSA) is 101 Å². The van der Waals surface area contributed by atoms with Gasteiger partial charge in [0.05, 0.1) is 0 Å². The Kier molecular flexibility index (Phi) is 6.86. The lowest BCUT2D eigenvalue weighted by atomic mass is 10.1. The van der Waals surface area contributed by atoms with Gasteiger partial charge in [0.2, 0.25) is 15.9 Å². The highest BCUT2D eigenvalue weighted by Crippen LogP contribution is 2.26. The van der Waals surface area contributed by atoms with Gasteiger partial charge in [-0.3, -0.25) is 4.79 Å². The van der Waals surface area contributed by atoms with E-state index in [0.29, 0.717) is 23.6 Å². The predicted molar refractivity (Wildman–Crippen MR) is 119 cm³/mol. The zero-order valence-corrected chi connectivity index (χ0v) is 18.6. The summed E-state index contributed by atoms with van der Waals surface area (Å²) in [7, 11) is -3.62. The van der Waals surface area contributed by atoms with Crippen LogP contribution in [0.25, 0.3) is 12.2 Å². The third-order valence-electron chi connectivity index (χ3n) is 4.45. The third-order valence-corrected chi connectivity index (χ3v) is 7.40. The van der Waals surface area contributed by atoms with Gasteiger partial charge in [-0.2, -0.15) is 0 Å². The standard InChI is InChI=1S/C21H23N3O4S2/c1-4-19(25)23-21-15(3)24-28-18(21)11-9-17-10-12-20(29-17)30(26,27)22-13-16-8-6-5-7-14(16)2/h5-12,22H,4,13H2,1-3H3,(H,23,25)/b11-9+. The largest absolute Gasteiger partial charge is 0.354 e. The summed E-state index contributed by atoms with van der Waals surface area (Å²) in [4.78, 5) is 12.4. The fraction of sp³-hybridized carbons (Fsp3) is 0.238. The lowest BCUT2D eigenvalue weighted by Gasteiger charge is -2.07. The van der Waals surface area contributed by atoms with E-state index in [-0.39, 0.29) is 16.7 Å². The summed E-state index contributed by atoms with van der Waals surface area (Å²) in [5.41, 5.74) is 3.05. The number of nitrogens with one attached hydrogen (secondary N) is 2. The van der Waals surface area contributed by atoms with Gasteiger partial charge in [0.1, 0.15) is 15.6 Å². The fourth-order valence-corrected chi connectivity index (χ4v) is 4.94. The van der Waals surface area contributed by atoms with Crippen molar-refractivity contribution < 1.29 is 17.7 Å². The van der Waals surface area contributed by atoms with Crippen molar-refractivity contribution in [3.8, 4) is 0 Å². The van der Waals surface area contributed by atoms with E-state index in [1.807, 2.05) is 31.2 Å². The molecule has 0 fully saturated rings. The van der Waals surface area contributed by atoms with E-state index in [1.165, 1.54) is 0 Å². The number of rotatable bonds is 8. The summed E-state index contributed by atoms with van der Waals surface area (Å²) in [6.45, 7) is 5.67. The number of carbonyl (C=O) groups excluding carboxylic acids is 1. The quantitative estimate of drug-likeness (QED) is 0.537. The van der Waals surface area contributed by atoms with Crippen LogP contribution in [0.2, 0.25) is 0 Å². The minimum Gasteiger partial charge on any atom is -0.354 e. The van der Waals surface area contributed by atoms with Crippen molar-refractivity contribution >= 4 is 45.1 Å². The van der Waals surface area contributed by atoms with E-state index in [1.54, 1.807) is 38.1 Å². The Labute approximate surface area is 179 Å². The molecule has 0 aliphatic rings. The Bertz CT molecular complexity index is 1180. The SMILES string of the molecule is CCC(=O)Nc1c(C)noc1/C=C/c1ccc(S(=O)(=O)NCc2ccccc2C)s1. The number of aromatic nitrogens is 1. The summed E-state index contributed by atoms with van der Waals surface area (Å²) in [6, 6.07) is 10.9. The van der Waals surface area contributed by atoms with E-state index in [4.69, 9.17) is 4.52 Å². The maximum Gasteiger partial charge on any atom is 0.250 e. The van der Waals surface area contributed by atoms with Crippen molar-refractivity contribution in [2.45, 2.75) is 37.9 Å². The van der Waals surface area contributed by atoms with Crippen LogP contribution in [0, 0.1) is 13.8 Å². The molecule has 1 amide bonds. The number of amides is 1. The Balaban J connectivity index is 1.72. The van der Waals surface area contributed by atoms with Crippen molar-refractivity contribution in [1.82, 2.24) is 9.88 Å². The number of thiophene rings is 1. The van der Waals surface area contributed by atoms with Crippen molar-refractivity contribution in [1.29, 1.82) is 0 Å². The Morgan fingerprint density at radius 3 is 2.67 bits per heavy atom. The first-order chi connectivity index (χ1) is 14.3. The molecule has 2 heterocycles. The van der Waals surface area contributed by atoms with E-state index in [9.17, 15) is 13.2 Å². The maximum absolute atomic E-state index is 12.6. The molecule has 9 heteroatoms. The maximum atomic E-state index is 12.6. The molecule has 3 aromatic rings. The van der Waals surface area contributed by atoms with Gasteiger partial charge in [-0.15, -0.1) is 11.3 Å². The number of nitrogens with zero attached hydrogens (tertiary/aromatic N) is 1. The number of hydrogen-bond donors (Lipinski definition) is 2. The number of anilines is 1. The molecule has 0 bridgehead atoms. The summed E-state index contributed by atoms with van der Waals surface area (Å²) in [5.74, 6) is 0.268. The second-order valence-corrected chi connectivity index (χ2v) is 9.76. The lowest BCUT2D eigenvalue weighted by Crippen LogP contribution is -2.22. The summed E-state index contributed by atoms with van der Waals surface area (Å²) in [6.07, 6.45) is 3.73. The molecular weight excluding hydrogens is 422 g/mol. The molecule has 3 rings (SSSR count). The number of aryl methyl sites for hydroxylation is 2. The van der Waals surface area contributed by atoms with Crippen LogP contribution in [0.1, 0.15) is 40.8 Å². The highest BCUT2D eigenvalue weighted by Gasteiger charge is 2.17. The monoisotopic (exact) mass is 445 g/mol. The molecule has 158 valence electrons. The molecule has 0 saturated heterocycles. The molecule has 1 aromatic carbocycles. The van der Waals surface area contributed by atoms with Crippen LogP contribution in [0.5, 0.6) is 0 Å². The second kappa shape index (κ2) is 9.38. The van der Waals surface area contributed by atoms with Crippen LogP contribution in [0.3, 0.4) is 0 Å². The number of hydrogen-bond acceptors (Lipinski definition) is 6.